The minimum atomic E-state index is -0.992. The van der Waals surface area contributed by atoms with Crippen LogP contribution < -0.4 is 0 Å². The van der Waals surface area contributed by atoms with Crippen molar-refractivity contribution in [2.75, 3.05) is 0 Å². The van der Waals surface area contributed by atoms with Gasteiger partial charge >= 0.3 is 11.9 Å². The summed E-state index contributed by atoms with van der Waals surface area (Å²) in [4.78, 5) is 20.1. The van der Waals surface area contributed by atoms with Gasteiger partial charge in [0.1, 0.15) is 0 Å². The lowest BCUT2D eigenvalue weighted by atomic mass is 10.1. The van der Waals surface area contributed by atoms with E-state index in [9.17, 15) is 9.59 Å². The van der Waals surface area contributed by atoms with Gasteiger partial charge in [0.2, 0.25) is 0 Å². The number of allylic oxidation sites excluding steroid dienone is 2. The van der Waals surface area contributed by atoms with E-state index in [1.54, 1.807) is 0 Å². The first-order valence-electron chi connectivity index (χ1n) is 3.83. The molecule has 1 unspecified atom stereocenters. The van der Waals surface area contributed by atoms with Gasteiger partial charge in [-0.1, -0.05) is 19.1 Å². The molecule has 0 aliphatic heterocycles. The van der Waals surface area contributed by atoms with Gasteiger partial charge in [-0.05, 0) is 12.3 Å². The van der Waals surface area contributed by atoms with Crippen molar-refractivity contribution < 1.29 is 19.8 Å². The third kappa shape index (κ3) is 8.33. The topological polar surface area (TPSA) is 74.6 Å². The molecule has 13 heavy (non-hydrogen) atoms. The lowest BCUT2D eigenvalue weighted by Gasteiger charge is -1.98. The summed E-state index contributed by atoms with van der Waals surface area (Å²) < 4.78 is 0. The molecule has 2 N–H and O–H groups in total. The van der Waals surface area contributed by atoms with Gasteiger partial charge in [-0.25, -0.2) is 9.59 Å². The maximum absolute atomic E-state index is 10.1. The van der Waals surface area contributed by atoms with Crippen LogP contribution in [0.4, 0.5) is 0 Å². The maximum atomic E-state index is 10.1. The van der Waals surface area contributed by atoms with E-state index in [1.807, 2.05) is 6.92 Å². The maximum Gasteiger partial charge on any atom is 0.327 e. The third-order valence-corrected chi connectivity index (χ3v) is 1.34. The second-order valence-electron chi connectivity index (χ2n) is 2.65. The lowest BCUT2D eigenvalue weighted by molar-refractivity contribution is -0.132. The van der Waals surface area contributed by atoms with Crippen LogP contribution in [0, 0.1) is 5.92 Å². The van der Waals surface area contributed by atoms with E-state index in [0.717, 1.165) is 12.2 Å². The summed E-state index contributed by atoms with van der Waals surface area (Å²) >= 11 is 0. The molecule has 0 fully saturated rings. The fourth-order valence-electron chi connectivity index (χ4n) is 0.709. The van der Waals surface area contributed by atoms with Crippen molar-refractivity contribution in [3.63, 3.8) is 0 Å². The van der Waals surface area contributed by atoms with E-state index in [-0.39, 0.29) is 5.92 Å². The van der Waals surface area contributed by atoms with Gasteiger partial charge in [-0.15, -0.1) is 0 Å². The number of carbonyl (C=O) groups is 2. The molecule has 0 aromatic heterocycles. The molecule has 4 heteroatoms. The Hall–Kier alpha value is -1.58. The summed E-state index contributed by atoms with van der Waals surface area (Å²) in [5.74, 6) is -1.95. The van der Waals surface area contributed by atoms with Crippen LogP contribution in [0.5, 0.6) is 0 Å². The van der Waals surface area contributed by atoms with Crippen LogP contribution in [0.2, 0.25) is 0 Å². The van der Waals surface area contributed by atoms with Gasteiger partial charge in [0.15, 0.2) is 0 Å². The Morgan fingerprint density at radius 1 is 1.23 bits per heavy atom. The molecule has 0 saturated carbocycles. The third-order valence-electron chi connectivity index (χ3n) is 1.34. The van der Waals surface area contributed by atoms with Crippen molar-refractivity contribution in [1.29, 1.82) is 0 Å². The van der Waals surface area contributed by atoms with E-state index < -0.39 is 11.9 Å². The molecule has 0 bridgehead atoms. The first-order chi connectivity index (χ1) is 6.02. The highest BCUT2D eigenvalue weighted by atomic mass is 16.4. The Bertz CT molecular complexity index is 240. The SMILES string of the molecule is CC(C=CC(=O)O)CC=CC(=O)O. The van der Waals surface area contributed by atoms with Crippen LogP contribution in [0.15, 0.2) is 24.3 Å². The predicted molar refractivity (Wildman–Crippen MR) is 47.3 cm³/mol. The number of hydrogen-bond donors (Lipinski definition) is 2. The molecule has 0 saturated heterocycles. The highest BCUT2D eigenvalue weighted by Crippen LogP contribution is 2.04. The summed E-state index contributed by atoms with van der Waals surface area (Å²) in [5, 5.41) is 16.5. The molecular formula is C9H12O4. The lowest BCUT2D eigenvalue weighted by Crippen LogP contribution is -1.92. The molecule has 0 spiro atoms. The highest BCUT2D eigenvalue weighted by Gasteiger charge is 1.95. The molecule has 72 valence electrons. The monoisotopic (exact) mass is 184 g/mol. The van der Waals surface area contributed by atoms with Crippen molar-refractivity contribution >= 4 is 11.9 Å². The smallest absolute Gasteiger partial charge is 0.327 e. The molecule has 0 rings (SSSR count). The van der Waals surface area contributed by atoms with E-state index in [4.69, 9.17) is 10.2 Å². The average Bonchev–Trinajstić information content (AvgIpc) is 2.00. The normalized spacial score (nSPS) is 13.6. The average molecular weight is 184 g/mol. The summed E-state index contributed by atoms with van der Waals surface area (Å²) in [5.41, 5.74) is 0. The minimum absolute atomic E-state index is 0.0340. The number of hydrogen-bond acceptors (Lipinski definition) is 2. The van der Waals surface area contributed by atoms with Crippen LogP contribution in [-0.2, 0) is 9.59 Å². The van der Waals surface area contributed by atoms with E-state index in [2.05, 4.69) is 0 Å². The number of rotatable bonds is 5. The van der Waals surface area contributed by atoms with Gasteiger partial charge in [-0.2, -0.15) is 0 Å². The van der Waals surface area contributed by atoms with E-state index >= 15 is 0 Å². The fourth-order valence-corrected chi connectivity index (χ4v) is 0.709. The predicted octanol–water partition coefficient (Wildman–Crippen LogP) is 1.29. The van der Waals surface area contributed by atoms with E-state index in [0.29, 0.717) is 6.42 Å². The largest absolute Gasteiger partial charge is 0.478 e. The zero-order valence-electron chi connectivity index (χ0n) is 7.30. The van der Waals surface area contributed by atoms with Crippen LogP contribution >= 0.6 is 0 Å². The molecule has 1 atom stereocenters. The first kappa shape index (κ1) is 11.4. The van der Waals surface area contributed by atoms with Crippen molar-refractivity contribution in [1.82, 2.24) is 0 Å². The Morgan fingerprint density at radius 3 is 2.23 bits per heavy atom. The van der Waals surface area contributed by atoms with Crippen molar-refractivity contribution in [3.05, 3.63) is 24.3 Å². The number of carboxylic acid groups (broad SMARTS) is 2. The summed E-state index contributed by atoms with van der Waals surface area (Å²) in [7, 11) is 0. The van der Waals surface area contributed by atoms with Crippen LogP contribution in [0.1, 0.15) is 13.3 Å². The zero-order chi connectivity index (χ0) is 10.3. The van der Waals surface area contributed by atoms with Crippen LogP contribution in [-0.4, -0.2) is 22.2 Å². The van der Waals surface area contributed by atoms with Gasteiger partial charge in [-0.3, -0.25) is 0 Å². The van der Waals surface area contributed by atoms with Crippen LogP contribution in [0.25, 0.3) is 0 Å². The van der Waals surface area contributed by atoms with Gasteiger partial charge in [0.05, 0.1) is 0 Å². The Kier molecular flexibility index (Phi) is 5.27. The number of carboxylic acids is 2. The number of aliphatic carboxylic acids is 2. The second-order valence-corrected chi connectivity index (χ2v) is 2.65. The van der Waals surface area contributed by atoms with E-state index in [1.165, 1.54) is 12.2 Å². The molecule has 0 heterocycles. The summed E-state index contributed by atoms with van der Waals surface area (Å²) in [6, 6.07) is 0. The molecule has 0 aromatic rings. The van der Waals surface area contributed by atoms with Crippen molar-refractivity contribution in [2.45, 2.75) is 13.3 Å². The van der Waals surface area contributed by atoms with Gasteiger partial charge < -0.3 is 10.2 Å². The molecular weight excluding hydrogens is 172 g/mol. The van der Waals surface area contributed by atoms with Gasteiger partial charge in [0.25, 0.3) is 0 Å². The summed E-state index contributed by atoms with van der Waals surface area (Å²) in [6.07, 6.45) is 5.65. The molecule has 0 aliphatic rings. The zero-order valence-corrected chi connectivity index (χ0v) is 7.30. The highest BCUT2D eigenvalue weighted by molar-refractivity contribution is 5.80. The van der Waals surface area contributed by atoms with Crippen LogP contribution in [0.3, 0.4) is 0 Å². The molecule has 0 aliphatic carbocycles. The fraction of sp³-hybridized carbons (Fsp3) is 0.333. The second kappa shape index (κ2) is 5.99. The molecule has 0 radical (unpaired) electrons. The minimum Gasteiger partial charge on any atom is -0.478 e. The molecule has 4 nitrogen and oxygen atoms in total. The first-order valence-corrected chi connectivity index (χ1v) is 3.83. The standard InChI is InChI=1S/C9H12O4/c1-7(5-6-9(12)13)3-2-4-8(10)11/h2,4-7H,3H2,1H3,(H,10,11)(H,12,13). The molecule has 0 amide bonds. The van der Waals surface area contributed by atoms with Crippen molar-refractivity contribution in [2.24, 2.45) is 5.92 Å². The Balaban J connectivity index is 3.81. The quantitative estimate of drug-likeness (QED) is 0.631. The Morgan fingerprint density at radius 2 is 1.77 bits per heavy atom. The molecule has 0 aromatic carbocycles. The van der Waals surface area contributed by atoms with Gasteiger partial charge in [0, 0.05) is 12.2 Å². The van der Waals surface area contributed by atoms with Crippen molar-refractivity contribution in [3.8, 4) is 0 Å². The Labute approximate surface area is 76.2 Å². The summed E-state index contributed by atoms with van der Waals surface area (Å²) in [6.45, 7) is 1.81.